The second-order valence-electron chi connectivity index (χ2n) is 6.65. The first kappa shape index (κ1) is 19.9. The van der Waals surface area contributed by atoms with E-state index in [9.17, 15) is 9.59 Å². The maximum Gasteiger partial charge on any atom is 0.329 e. The van der Waals surface area contributed by atoms with Crippen LogP contribution in [0.4, 0.5) is 5.69 Å². The van der Waals surface area contributed by atoms with Gasteiger partial charge in [-0.05, 0) is 34.7 Å². The predicted molar refractivity (Wildman–Crippen MR) is 106 cm³/mol. The summed E-state index contributed by atoms with van der Waals surface area (Å²) in [6.45, 7) is 6.38. The molecule has 0 atom stereocenters. The Balaban J connectivity index is 1.91. The maximum atomic E-state index is 11.8. The number of nitrogens with one attached hydrogen (secondary N) is 2. The second-order valence-corrected chi connectivity index (χ2v) is 7.47. The third-order valence-electron chi connectivity index (χ3n) is 3.54. The molecule has 2 amide bonds. The molecule has 7 heteroatoms. The monoisotopic (exact) mass is 391 g/mol. The Bertz CT molecular complexity index is 841. The van der Waals surface area contributed by atoms with Gasteiger partial charge in [-0.25, -0.2) is 5.43 Å². The first-order chi connectivity index (χ1) is 12.2. The van der Waals surface area contributed by atoms with E-state index in [1.807, 2.05) is 24.3 Å². The molecule has 2 N–H and O–H groups in total. The fraction of sp³-hybridized carbons (Fsp3) is 0.211. The third-order valence-corrected chi connectivity index (χ3v) is 4.28. The summed E-state index contributed by atoms with van der Waals surface area (Å²) in [5.41, 5.74) is 4.61. The smallest absolute Gasteiger partial charge is 0.318 e. The van der Waals surface area contributed by atoms with Crippen molar-refractivity contribution in [2.24, 2.45) is 5.10 Å². The number of anilines is 1. The first-order valence-corrected chi connectivity index (χ1v) is 8.62. The van der Waals surface area contributed by atoms with Crippen LogP contribution in [-0.2, 0) is 15.0 Å². The zero-order valence-electron chi connectivity index (χ0n) is 14.6. The number of benzene rings is 2. The van der Waals surface area contributed by atoms with Gasteiger partial charge in [0.25, 0.3) is 0 Å². The second kappa shape index (κ2) is 8.34. The van der Waals surface area contributed by atoms with Gasteiger partial charge >= 0.3 is 11.8 Å². The van der Waals surface area contributed by atoms with Crippen LogP contribution in [0.15, 0.2) is 47.6 Å². The molecule has 0 spiro atoms. The summed E-state index contributed by atoms with van der Waals surface area (Å²) >= 11 is 11.7. The SMILES string of the molecule is CC(C)(C)c1ccc(/C=N\NC(=O)C(=O)Nc2ccc(Cl)c(Cl)c2)cc1. The minimum Gasteiger partial charge on any atom is -0.318 e. The largest absolute Gasteiger partial charge is 0.329 e. The molecule has 0 fully saturated rings. The predicted octanol–water partition coefficient (Wildman–Crippen LogP) is 4.38. The molecule has 0 saturated heterocycles. The Hall–Kier alpha value is -2.37. The molecule has 136 valence electrons. The topological polar surface area (TPSA) is 70.6 Å². The minimum atomic E-state index is -0.890. The summed E-state index contributed by atoms with van der Waals surface area (Å²) in [7, 11) is 0. The lowest BCUT2D eigenvalue weighted by Crippen LogP contribution is -2.32. The fourth-order valence-corrected chi connectivity index (χ4v) is 2.35. The number of hydrogen-bond acceptors (Lipinski definition) is 3. The van der Waals surface area contributed by atoms with Crippen LogP contribution in [-0.4, -0.2) is 18.0 Å². The minimum absolute atomic E-state index is 0.0620. The molecule has 5 nitrogen and oxygen atoms in total. The van der Waals surface area contributed by atoms with Crippen molar-refractivity contribution in [3.05, 3.63) is 63.6 Å². The molecular weight excluding hydrogens is 373 g/mol. The van der Waals surface area contributed by atoms with Crippen molar-refractivity contribution in [3.8, 4) is 0 Å². The van der Waals surface area contributed by atoms with Gasteiger partial charge in [-0.2, -0.15) is 5.10 Å². The highest BCUT2D eigenvalue weighted by Crippen LogP contribution is 2.25. The van der Waals surface area contributed by atoms with Crippen molar-refractivity contribution in [2.45, 2.75) is 26.2 Å². The van der Waals surface area contributed by atoms with Crippen LogP contribution >= 0.6 is 23.2 Å². The van der Waals surface area contributed by atoms with E-state index < -0.39 is 11.8 Å². The standard InChI is InChI=1S/C19H19Cl2N3O2/c1-19(2,3)13-6-4-12(5-7-13)11-22-24-18(26)17(25)23-14-8-9-15(20)16(21)10-14/h4-11H,1-3H3,(H,23,25)(H,24,26)/b22-11-. The first-order valence-electron chi connectivity index (χ1n) is 7.87. The summed E-state index contributed by atoms with van der Waals surface area (Å²) in [6, 6.07) is 12.3. The fourth-order valence-electron chi connectivity index (χ4n) is 2.05. The van der Waals surface area contributed by atoms with E-state index in [0.29, 0.717) is 10.7 Å². The number of hydrogen-bond donors (Lipinski definition) is 2. The van der Waals surface area contributed by atoms with Crippen LogP contribution < -0.4 is 10.7 Å². The maximum absolute atomic E-state index is 11.8. The van der Waals surface area contributed by atoms with Crippen LogP contribution in [0.5, 0.6) is 0 Å². The van der Waals surface area contributed by atoms with Crippen LogP contribution in [0, 0.1) is 0 Å². The lowest BCUT2D eigenvalue weighted by Gasteiger charge is -2.18. The Morgan fingerprint density at radius 2 is 1.62 bits per heavy atom. The Morgan fingerprint density at radius 3 is 2.19 bits per heavy atom. The number of amides is 2. The molecule has 0 aliphatic heterocycles. The molecule has 26 heavy (non-hydrogen) atoms. The Labute approximate surface area is 162 Å². The van der Waals surface area contributed by atoms with E-state index in [-0.39, 0.29) is 10.4 Å². The molecule has 2 aromatic rings. The van der Waals surface area contributed by atoms with E-state index in [4.69, 9.17) is 23.2 Å². The molecule has 0 bridgehead atoms. The van der Waals surface area contributed by atoms with Crippen molar-refractivity contribution >= 4 is 46.9 Å². The summed E-state index contributed by atoms with van der Waals surface area (Å²) in [5.74, 6) is -1.75. The van der Waals surface area contributed by atoms with Gasteiger partial charge in [0.05, 0.1) is 16.3 Å². The van der Waals surface area contributed by atoms with E-state index in [2.05, 4.69) is 36.6 Å². The number of halogens is 2. The number of carbonyl (C=O) groups excluding carboxylic acids is 2. The molecule has 0 aromatic heterocycles. The van der Waals surface area contributed by atoms with Crippen molar-refractivity contribution < 1.29 is 9.59 Å². The highest BCUT2D eigenvalue weighted by Gasteiger charge is 2.14. The average molecular weight is 392 g/mol. The highest BCUT2D eigenvalue weighted by molar-refractivity contribution is 6.42. The molecule has 2 aromatic carbocycles. The van der Waals surface area contributed by atoms with Crippen molar-refractivity contribution in [3.63, 3.8) is 0 Å². The lowest BCUT2D eigenvalue weighted by molar-refractivity contribution is -0.136. The molecule has 0 heterocycles. The lowest BCUT2D eigenvalue weighted by atomic mass is 9.87. The normalized spacial score (nSPS) is 11.4. The number of hydrazone groups is 1. The average Bonchev–Trinajstić information content (AvgIpc) is 2.57. The molecular formula is C19H19Cl2N3O2. The van der Waals surface area contributed by atoms with Gasteiger partial charge in [-0.3, -0.25) is 9.59 Å². The zero-order valence-corrected chi connectivity index (χ0v) is 16.2. The van der Waals surface area contributed by atoms with Crippen molar-refractivity contribution in [2.75, 3.05) is 5.32 Å². The molecule has 0 radical (unpaired) electrons. The number of rotatable bonds is 3. The quantitative estimate of drug-likeness (QED) is 0.462. The van der Waals surface area contributed by atoms with Gasteiger partial charge in [0.15, 0.2) is 0 Å². The highest BCUT2D eigenvalue weighted by atomic mass is 35.5. The number of nitrogens with zero attached hydrogens (tertiary/aromatic N) is 1. The van der Waals surface area contributed by atoms with Gasteiger partial charge in [0, 0.05) is 5.69 Å². The van der Waals surface area contributed by atoms with Gasteiger partial charge in [0.1, 0.15) is 0 Å². The van der Waals surface area contributed by atoms with Crippen molar-refractivity contribution in [1.29, 1.82) is 0 Å². The summed E-state index contributed by atoms with van der Waals surface area (Å²) in [4.78, 5) is 23.6. The summed E-state index contributed by atoms with van der Waals surface area (Å²) in [6.07, 6.45) is 1.47. The van der Waals surface area contributed by atoms with Crippen LogP contribution in [0.2, 0.25) is 10.0 Å². The van der Waals surface area contributed by atoms with E-state index in [0.717, 1.165) is 5.56 Å². The van der Waals surface area contributed by atoms with E-state index in [1.54, 1.807) is 6.07 Å². The van der Waals surface area contributed by atoms with Gasteiger partial charge in [0.2, 0.25) is 0 Å². The van der Waals surface area contributed by atoms with Gasteiger partial charge in [-0.15, -0.1) is 0 Å². The zero-order chi connectivity index (χ0) is 19.3. The Morgan fingerprint density at radius 1 is 0.962 bits per heavy atom. The van der Waals surface area contributed by atoms with Crippen molar-refractivity contribution in [1.82, 2.24) is 5.43 Å². The molecule has 0 aliphatic rings. The summed E-state index contributed by atoms with van der Waals surface area (Å²) < 4.78 is 0. The van der Waals surface area contributed by atoms with Crippen LogP contribution in [0.1, 0.15) is 31.9 Å². The number of carbonyl (C=O) groups is 2. The van der Waals surface area contributed by atoms with E-state index in [1.165, 1.54) is 23.9 Å². The Kier molecular flexibility index (Phi) is 6.40. The molecule has 0 aliphatic carbocycles. The molecule has 2 rings (SSSR count). The summed E-state index contributed by atoms with van der Waals surface area (Å²) in [5, 5.41) is 6.85. The van der Waals surface area contributed by atoms with Gasteiger partial charge in [-0.1, -0.05) is 68.2 Å². The third kappa shape index (κ3) is 5.58. The van der Waals surface area contributed by atoms with Crippen LogP contribution in [0.3, 0.4) is 0 Å². The molecule has 0 unspecified atom stereocenters. The van der Waals surface area contributed by atoms with E-state index >= 15 is 0 Å². The van der Waals surface area contributed by atoms with Crippen LogP contribution in [0.25, 0.3) is 0 Å². The molecule has 0 saturated carbocycles. The van der Waals surface area contributed by atoms with Gasteiger partial charge < -0.3 is 5.32 Å².